The Balaban J connectivity index is 3.61. The van der Waals surface area contributed by atoms with Crippen LogP contribution in [-0.2, 0) is 9.47 Å². The van der Waals surface area contributed by atoms with Crippen molar-refractivity contribution in [2.75, 3.05) is 26.9 Å². The molecule has 80 valence electrons. The summed E-state index contributed by atoms with van der Waals surface area (Å²) in [6, 6.07) is 0.171. The lowest BCUT2D eigenvalue weighted by Crippen LogP contribution is -2.47. The Labute approximate surface area is 80.7 Å². The lowest BCUT2D eigenvalue weighted by atomic mass is 9.88. The molecule has 1 unspecified atom stereocenters. The molecule has 0 heterocycles. The zero-order valence-electron chi connectivity index (χ0n) is 9.09. The monoisotopic (exact) mass is 190 g/mol. The first kappa shape index (κ1) is 12.8. The Morgan fingerprint density at radius 2 is 1.92 bits per heavy atom. The maximum Gasteiger partial charge on any atom is 0.0701 e. The van der Waals surface area contributed by atoms with Crippen LogP contribution in [0.4, 0.5) is 0 Å². The maximum atomic E-state index is 5.41. The smallest absolute Gasteiger partial charge is 0.0701 e. The summed E-state index contributed by atoms with van der Waals surface area (Å²) < 4.78 is 10.3. The Morgan fingerprint density at radius 1 is 1.31 bits per heavy atom. The molecule has 3 N–H and O–H groups in total. The van der Waals surface area contributed by atoms with Crippen molar-refractivity contribution in [1.29, 1.82) is 0 Å². The number of nitrogens with two attached hydrogens (primary N) is 1. The molecule has 0 aliphatic heterocycles. The highest BCUT2D eigenvalue weighted by Crippen LogP contribution is 2.18. The molecule has 0 saturated heterocycles. The van der Waals surface area contributed by atoms with Crippen molar-refractivity contribution in [3.63, 3.8) is 0 Å². The van der Waals surface area contributed by atoms with Gasteiger partial charge in [0.2, 0.25) is 0 Å². The van der Waals surface area contributed by atoms with Gasteiger partial charge in [0.15, 0.2) is 0 Å². The molecule has 0 fully saturated rings. The molecule has 0 aromatic rings. The Bertz CT molecular complexity index is 123. The standard InChI is InChI=1S/C9H22N2O2/c1-9(2,3)8(11-10)7-13-6-5-12-4/h8,11H,5-7,10H2,1-4H3. The van der Waals surface area contributed by atoms with E-state index in [4.69, 9.17) is 15.3 Å². The minimum Gasteiger partial charge on any atom is -0.382 e. The Hall–Kier alpha value is -0.160. The third-order valence-corrected chi connectivity index (χ3v) is 1.96. The van der Waals surface area contributed by atoms with Crippen LogP contribution < -0.4 is 11.3 Å². The van der Waals surface area contributed by atoms with Gasteiger partial charge in [-0.25, -0.2) is 0 Å². The molecule has 0 aromatic carbocycles. The van der Waals surface area contributed by atoms with Gasteiger partial charge >= 0.3 is 0 Å². The first-order valence-corrected chi connectivity index (χ1v) is 4.55. The van der Waals surface area contributed by atoms with Crippen LogP contribution in [0.3, 0.4) is 0 Å². The molecular formula is C9H22N2O2. The van der Waals surface area contributed by atoms with Gasteiger partial charge in [-0.05, 0) is 5.41 Å². The highest BCUT2D eigenvalue weighted by atomic mass is 16.5. The normalized spacial score (nSPS) is 14.5. The molecule has 0 aliphatic carbocycles. The minimum atomic E-state index is 0.113. The largest absolute Gasteiger partial charge is 0.382 e. The number of rotatable bonds is 6. The molecule has 0 rings (SSSR count). The van der Waals surface area contributed by atoms with E-state index in [0.29, 0.717) is 19.8 Å². The summed E-state index contributed by atoms with van der Waals surface area (Å²) in [4.78, 5) is 0. The minimum absolute atomic E-state index is 0.113. The van der Waals surface area contributed by atoms with Crippen LogP contribution in [0.15, 0.2) is 0 Å². The molecule has 0 aliphatic rings. The number of ether oxygens (including phenoxy) is 2. The second-order valence-corrected chi connectivity index (χ2v) is 4.15. The van der Waals surface area contributed by atoms with Crippen LogP contribution in [0.5, 0.6) is 0 Å². The van der Waals surface area contributed by atoms with E-state index in [-0.39, 0.29) is 11.5 Å². The van der Waals surface area contributed by atoms with E-state index in [9.17, 15) is 0 Å². The number of nitrogens with one attached hydrogen (secondary N) is 1. The fourth-order valence-electron chi connectivity index (χ4n) is 0.892. The van der Waals surface area contributed by atoms with Gasteiger partial charge in [-0.2, -0.15) is 0 Å². The summed E-state index contributed by atoms with van der Waals surface area (Å²) in [6.45, 7) is 8.22. The van der Waals surface area contributed by atoms with Crippen LogP contribution in [0.2, 0.25) is 0 Å². The quantitative estimate of drug-likeness (QED) is 0.364. The van der Waals surface area contributed by atoms with Crippen molar-refractivity contribution in [3.8, 4) is 0 Å². The predicted molar refractivity (Wildman–Crippen MR) is 53.3 cm³/mol. The lowest BCUT2D eigenvalue weighted by Gasteiger charge is -2.29. The molecule has 0 saturated carbocycles. The molecule has 0 spiro atoms. The Kier molecular flexibility index (Phi) is 6.24. The highest BCUT2D eigenvalue weighted by Gasteiger charge is 2.23. The van der Waals surface area contributed by atoms with E-state index < -0.39 is 0 Å². The molecule has 0 radical (unpaired) electrons. The molecule has 0 amide bonds. The van der Waals surface area contributed by atoms with E-state index in [1.165, 1.54) is 0 Å². The van der Waals surface area contributed by atoms with Crippen LogP contribution in [0.25, 0.3) is 0 Å². The van der Waals surface area contributed by atoms with Crippen molar-refractivity contribution < 1.29 is 9.47 Å². The molecule has 1 atom stereocenters. The van der Waals surface area contributed by atoms with E-state index in [0.717, 1.165) is 0 Å². The van der Waals surface area contributed by atoms with Gasteiger partial charge in [-0.3, -0.25) is 11.3 Å². The van der Waals surface area contributed by atoms with Crippen molar-refractivity contribution in [1.82, 2.24) is 5.43 Å². The molecule has 0 bridgehead atoms. The first-order chi connectivity index (χ1) is 6.02. The number of methoxy groups -OCH3 is 1. The number of hydrogen-bond donors (Lipinski definition) is 2. The van der Waals surface area contributed by atoms with Crippen molar-refractivity contribution >= 4 is 0 Å². The summed E-state index contributed by atoms with van der Waals surface area (Å²) >= 11 is 0. The topological polar surface area (TPSA) is 56.5 Å². The summed E-state index contributed by atoms with van der Waals surface area (Å²) in [5, 5.41) is 0. The van der Waals surface area contributed by atoms with Crippen molar-refractivity contribution in [3.05, 3.63) is 0 Å². The highest BCUT2D eigenvalue weighted by molar-refractivity contribution is 4.77. The van der Waals surface area contributed by atoms with Gasteiger partial charge in [-0.1, -0.05) is 20.8 Å². The lowest BCUT2D eigenvalue weighted by molar-refractivity contribution is 0.0393. The van der Waals surface area contributed by atoms with Crippen LogP contribution in [-0.4, -0.2) is 33.0 Å². The summed E-state index contributed by atoms with van der Waals surface area (Å²) in [5.74, 6) is 5.41. The summed E-state index contributed by atoms with van der Waals surface area (Å²) in [5.41, 5.74) is 2.87. The second kappa shape index (κ2) is 6.32. The molecule has 0 aromatic heterocycles. The summed E-state index contributed by atoms with van der Waals surface area (Å²) in [6.07, 6.45) is 0. The molecule has 4 nitrogen and oxygen atoms in total. The van der Waals surface area contributed by atoms with Gasteiger partial charge in [0, 0.05) is 13.2 Å². The van der Waals surface area contributed by atoms with E-state index in [2.05, 4.69) is 26.2 Å². The summed E-state index contributed by atoms with van der Waals surface area (Å²) in [7, 11) is 1.66. The number of hydrazine groups is 1. The second-order valence-electron chi connectivity index (χ2n) is 4.15. The van der Waals surface area contributed by atoms with Gasteiger partial charge in [0.1, 0.15) is 0 Å². The average Bonchev–Trinajstić information content (AvgIpc) is 2.02. The Morgan fingerprint density at radius 3 is 2.31 bits per heavy atom. The van der Waals surface area contributed by atoms with Gasteiger partial charge < -0.3 is 9.47 Å². The average molecular weight is 190 g/mol. The van der Waals surface area contributed by atoms with Gasteiger partial charge in [-0.15, -0.1) is 0 Å². The van der Waals surface area contributed by atoms with Crippen LogP contribution in [0.1, 0.15) is 20.8 Å². The van der Waals surface area contributed by atoms with Crippen molar-refractivity contribution in [2.24, 2.45) is 11.3 Å². The van der Waals surface area contributed by atoms with Crippen LogP contribution in [0, 0.1) is 5.41 Å². The van der Waals surface area contributed by atoms with E-state index in [1.807, 2.05) is 0 Å². The zero-order valence-corrected chi connectivity index (χ0v) is 9.09. The van der Waals surface area contributed by atoms with E-state index >= 15 is 0 Å². The first-order valence-electron chi connectivity index (χ1n) is 4.55. The zero-order chi connectivity index (χ0) is 10.3. The molecule has 13 heavy (non-hydrogen) atoms. The van der Waals surface area contributed by atoms with Crippen molar-refractivity contribution in [2.45, 2.75) is 26.8 Å². The third kappa shape index (κ3) is 5.99. The fourth-order valence-corrected chi connectivity index (χ4v) is 0.892. The van der Waals surface area contributed by atoms with Gasteiger partial charge in [0.05, 0.1) is 19.8 Å². The third-order valence-electron chi connectivity index (χ3n) is 1.96. The van der Waals surface area contributed by atoms with Crippen LogP contribution >= 0.6 is 0 Å². The number of hydrogen-bond acceptors (Lipinski definition) is 4. The molecular weight excluding hydrogens is 168 g/mol. The van der Waals surface area contributed by atoms with E-state index in [1.54, 1.807) is 7.11 Å². The fraction of sp³-hybridized carbons (Fsp3) is 1.00. The molecule has 4 heteroatoms. The predicted octanol–water partition coefficient (Wildman–Crippen LogP) is 0.527. The maximum absolute atomic E-state index is 5.41. The van der Waals surface area contributed by atoms with Gasteiger partial charge in [0.25, 0.3) is 0 Å². The SMILES string of the molecule is COCCOCC(NN)C(C)(C)C.